The molecular weight excluding hydrogens is 268 g/mol. The van der Waals surface area contributed by atoms with Crippen LogP contribution in [-0.4, -0.2) is 28.0 Å². The summed E-state index contributed by atoms with van der Waals surface area (Å²) in [7, 11) is 0. The summed E-state index contributed by atoms with van der Waals surface area (Å²) in [5.41, 5.74) is 1.32. The van der Waals surface area contributed by atoms with E-state index in [1.165, 1.54) is 24.4 Å². The SMILES string of the molecule is CCC(C)N(CC)c1nc2sccn2c1CNC1CC1. The maximum Gasteiger partial charge on any atom is 0.195 e. The quantitative estimate of drug-likeness (QED) is 0.850. The van der Waals surface area contributed by atoms with Gasteiger partial charge in [0.1, 0.15) is 0 Å². The zero-order valence-electron chi connectivity index (χ0n) is 12.6. The molecule has 4 nitrogen and oxygen atoms in total. The number of thiazole rings is 1. The van der Waals surface area contributed by atoms with Gasteiger partial charge in [0, 0.05) is 36.8 Å². The molecule has 1 fully saturated rings. The maximum atomic E-state index is 4.88. The average Bonchev–Trinajstić information content (AvgIpc) is 3.06. The van der Waals surface area contributed by atoms with Crippen molar-refractivity contribution in [3.05, 3.63) is 17.3 Å². The molecule has 0 spiro atoms. The van der Waals surface area contributed by atoms with Gasteiger partial charge in [-0.05, 0) is 33.1 Å². The van der Waals surface area contributed by atoms with Crippen molar-refractivity contribution in [1.82, 2.24) is 14.7 Å². The molecule has 3 rings (SSSR count). The van der Waals surface area contributed by atoms with E-state index in [1.807, 2.05) is 0 Å². The number of aromatic nitrogens is 2. The van der Waals surface area contributed by atoms with Crippen molar-refractivity contribution in [2.45, 2.75) is 58.7 Å². The molecule has 0 aliphatic heterocycles. The smallest absolute Gasteiger partial charge is 0.195 e. The van der Waals surface area contributed by atoms with E-state index in [1.54, 1.807) is 11.3 Å². The van der Waals surface area contributed by atoms with Crippen LogP contribution in [0.4, 0.5) is 5.82 Å². The first-order valence-corrected chi connectivity index (χ1v) is 8.57. The Kier molecular flexibility index (Phi) is 3.98. The molecule has 1 aliphatic carbocycles. The van der Waals surface area contributed by atoms with Gasteiger partial charge in [-0.2, -0.15) is 0 Å². The fourth-order valence-corrected chi connectivity index (χ4v) is 3.36. The normalized spacial score (nSPS) is 16.8. The topological polar surface area (TPSA) is 32.6 Å². The van der Waals surface area contributed by atoms with Crippen LogP contribution >= 0.6 is 11.3 Å². The van der Waals surface area contributed by atoms with E-state index in [9.17, 15) is 0 Å². The first kappa shape index (κ1) is 13.9. The van der Waals surface area contributed by atoms with E-state index in [4.69, 9.17) is 4.98 Å². The number of rotatable bonds is 7. The second-order valence-electron chi connectivity index (χ2n) is 5.64. The highest BCUT2D eigenvalue weighted by Gasteiger charge is 2.24. The largest absolute Gasteiger partial charge is 0.353 e. The summed E-state index contributed by atoms with van der Waals surface area (Å²) < 4.78 is 2.25. The summed E-state index contributed by atoms with van der Waals surface area (Å²) in [5, 5.41) is 5.75. The van der Waals surface area contributed by atoms with Crippen molar-refractivity contribution in [2.75, 3.05) is 11.4 Å². The molecule has 20 heavy (non-hydrogen) atoms. The van der Waals surface area contributed by atoms with Gasteiger partial charge in [-0.3, -0.25) is 4.40 Å². The highest BCUT2D eigenvalue weighted by atomic mass is 32.1. The molecule has 0 aromatic carbocycles. The molecule has 0 saturated heterocycles. The number of anilines is 1. The third kappa shape index (κ3) is 2.56. The van der Waals surface area contributed by atoms with Crippen LogP contribution in [0.5, 0.6) is 0 Å². The highest BCUT2D eigenvalue weighted by Crippen LogP contribution is 2.28. The first-order valence-electron chi connectivity index (χ1n) is 7.69. The molecule has 5 heteroatoms. The summed E-state index contributed by atoms with van der Waals surface area (Å²) in [6.07, 6.45) is 5.94. The average molecular weight is 292 g/mol. The molecule has 0 bridgehead atoms. The molecular formula is C15H24N4S. The lowest BCUT2D eigenvalue weighted by Gasteiger charge is -2.28. The van der Waals surface area contributed by atoms with Crippen molar-refractivity contribution >= 4 is 22.1 Å². The van der Waals surface area contributed by atoms with Crippen LogP contribution < -0.4 is 10.2 Å². The van der Waals surface area contributed by atoms with Gasteiger partial charge in [0.25, 0.3) is 0 Å². The molecule has 1 unspecified atom stereocenters. The summed E-state index contributed by atoms with van der Waals surface area (Å²) >= 11 is 1.72. The third-order valence-electron chi connectivity index (χ3n) is 4.21. The number of imidazole rings is 1. The van der Waals surface area contributed by atoms with Crippen molar-refractivity contribution < 1.29 is 0 Å². The highest BCUT2D eigenvalue weighted by molar-refractivity contribution is 7.15. The fraction of sp³-hybridized carbons (Fsp3) is 0.667. The molecule has 2 heterocycles. The van der Waals surface area contributed by atoms with Gasteiger partial charge < -0.3 is 10.2 Å². The lowest BCUT2D eigenvalue weighted by Crippen LogP contribution is -2.34. The lowest BCUT2D eigenvalue weighted by molar-refractivity contribution is 0.612. The number of fused-ring (bicyclic) bond motifs is 1. The lowest BCUT2D eigenvalue weighted by atomic mass is 10.2. The number of hydrogen-bond donors (Lipinski definition) is 1. The van der Waals surface area contributed by atoms with Crippen molar-refractivity contribution in [1.29, 1.82) is 0 Å². The predicted molar refractivity (Wildman–Crippen MR) is 85.7 cm³/mol. The summed E-state index contributed by atoms with van der Waals surface area (Å²) in [5.74, 6) is 1.17. The monoisotopic (exact) mass is 292 g/mol. The Hall–Kier alpha value is -1.07. The summed E-state index contributed by atoms with van der Waals surface area (Å²) in [6, 6.07) is 1.26. The van der Waals surface area contributed by atoms with Gasteiger partial charge in [0.15, 0.2) is 10.8 Å². The van der Waals surface area contributed by atoms with Gasteiger partial charge in [0.05, 0.1) is 5.69 Å². The Morgan fingerprint density at radius 2 is 2.30 bits per heavy atom. The molecule has 110 valence electrons. The van der Waals surface area contributed by atoms with Gasteiger partial charge in [-0.1, -0.05) is 6.92 Å². The van der Waals surface area contributed by atoms with Crippen LogP contribution in [0.3, 0.4) is 0 Å². The Balaban J connectivity index is 1.94. The number of nitrogens with zero attached hydrogens (tertiary/aromatic N) is 3. The second kappa shape index (κ2) is 5.74. The standard InChI is InChI=1S/C15H24N4S/c1-4-11(3)18(5-2)14-13(10-16-12-6-7-12)19-8-9-20-15(19)17-14/h8-9,11-12,16H,4-7,10H2,1-3H3. The molecule has 2 aromatic heterocycles. The van der Waals surface area contributed by atoms with E-state index in [0.717, 1.165) is 30.5 Å². The van der Waals surface area contributed by atoms with Crippen molar-refractivity contribution in [3.8, 4) is 0 Å². The fourth-order valence-electron chi connectivity index (χ4n) is 2.63. The van der Waals surface area contributed by atoms with Crippen molar-refractivity contribution in [2.24, 2.45) is 0 Å². The van der Waals surface area contributed by atoms with Crippen LogP contribution in [0.1, 0.15) is 45.7 Å². The molecule has 1 N–H and O–H groups in total. The van der Waals surface area contributed by atoms with Crippen LogP contribution in [0.25, 0.3) is 4.96 Å². The van der Waals surface area contributed by atoms with Gasteiger partial charge in [-0.25, -0.2) is 4.98 Å². The maximum absolute atomic E-state index is 4.88. The molecule has 2 aromatic rings. The number of hydrogen-bond acceptors (Lipinski definition) is 4. The van der Waals surface area contributed by atoms with Crippen LogP contribution in [0.2, 0.25) is 0 Å². The van der Waals surface area contributed by atoms with E-state index in [-0.39, 0.29) is 0 Å². The van der Waals surface area contributed by atoms with Gasteiger partial charge >= 0.3 is 0 Å². The predicted octanol–water partition coefficient (Wildman–Crippen LogP) is 3.27. The van der Waals surface area contributed by atoms with E-state index in [2.05, 4.69) is 47.0 Å². The number of nitrogens with one attached hydrogen (secondary N) is 1. The van der Waals surface area contributed by atoms with Gasteiger partial charge in [0.2, 0.25) is 0 Å². The zero-order valence-corrected chi connectivity index (χ0v) is 13.4. The second-order valence-corrected chi connectivity index (χ2v) is 6.51. The van der Waals surface area contributed by atoms with Crippen LogP contribution in [-0.2, 0) is 6.54 Å². The minimum absolute atomic E-state index is 0.532. The Labute approximate surface area is 124 Å². The Morgan fingerprint density at radius 1 is 1.50 bits per heavy atom. The summed E-state index contributed by atoms with van der Waals surface area (Å²) in [4.78, 5) is 8.42. The third-order valence-corrected chi connectivity index (χ3v) is 4.97. The van der Waals surface area contributed by atoms with E-state index < -0.39 is 0 Å². The Bertz CT molecular complexity index is 569. The van der Waals surface area contributed by atoms with E-state index in [0.29, 0.717) is 6.04 Å². The first-order chi connectivity index (χ1) is 9.74. The van der Waals surface area contributed by atoms with Gasteiger partial charge in [-0.15, -0.1) is 11.3 Å². The van der Waals surface area contributed by atoms with Crippen LogP contribution in [0, 0.1) is 0 Å². The molecule has 1 aliphatic rings. The van der Waals surface area contributed by atoms with E-state index >= 15 is 0 Å². The molecule has 0 radical (unpaired) electrons. The zero-order chi connectivity index (χ0) is 14.1. The van der Waals surface area contributed by atoms with Crippen LogP contribution in [0.15, 0.2) is 11.6 Å². The minimum atomic E-state index is 0.532. The summed E-state index contributed by atoms with van der Waals surface area (Å²) in [6.45, 7) is 8.68. The van der Waals surface area contributed by atoms with Crippen molar-refractivity contribution in [3.63, 3.8) is 0 Å². The minimum Gasteiger partial charge on any atom is -0.353 e. The molecule has 1 atom stereocenters. The molecule has 0 amide bonds. The molecule has 1 saturated carbocycles. The Morgan fingerprint density at radius 3 is 2.95 bits per heavy atom.